The summed E-state index contributed by atoms with van der Waals surface area (Å²) >= 11 is 18.2. The van der Waals surface area contributed by atoms with E-state index in [0.29, 0.717) is 15.3 Å². The Morgan fingerprint density at radius 3 is 2.00 bits per heavy atom. The summed E-state index contributed by atoms with van der Waals surface area (Å²) in [5, 5.41) is 7.34. The van der Waals surface area contributed by atoms with Gasteiger partial charge in [-0.1, -0.05) is 40.0 Å². The van der Waals surface area contributed by atoms with Crippen LogP contribution in [0.15, 0.2) is 36.4 Å². The zero-order chi connectivity index (χ0) is 20.6. The summed E-state index contributed by atoms with van der Waals surface area (Å²) in [5.74, 6) is -2.46. The molecule has 0 aliphatic heterocycles. The van der Waals surface area contributed by atoms with E-state index < -0.39 is 17.6 Å². The Labute approximate surface area is 173 Å². The lowest BCUT2D eigenvalue weighted by molar-refractivity contribution is 0.0944. The highest BCUT2D eigenvalue weighted by molar-refractivity contribution is 6.41. The standard InChI is InChI=1S/C17H10Cl3N5O3/c18-9-3-1-7(2-4-9)14(26)12-10(19)5-8(6-11(12)20)17(28)25-15(21)13(16(22)27)23-24-25/h1-6H,21H2,(H2,22,27). The number of ketones is 1. The number of nitrogen functional groups attached to an aromatic ring is 1. The van der Waals surface area contributed by atoms with Crippen LogP contribution in [0.3, 0.4) is 0 Å². The van der Waals surface area contributed by atoms with Gasteiger partial charge in [-0.2, -0.15) is 4.68 Å². The van der Waals surface area contributed by atoms with Crippen molar-refractivity contribution in [2.45, 2.75) is 0 Å². The van der Waals surface area contributed by atoms with Gasteiger partial charge in [-0.15, -0.1) is 5.10 Å². The van der Waals surface area contributed by atoms with E-state index in [2.05, 4.69) is 10.3 Å². The van der Waals surface area contributed by atoms with Crippen LogP contribution in [-0.2, 0) is 0 Å². The Balaban J connectivity index is 2.00. The summed E-state index contributed by atoms with van der Waals surface area (Å²) in [5.41, 5.74) is 10.7. The Kier molecular flexibility index (Phi) is 5.37. The van der Waals surface area contributed by atoms with Crippen LogP contribution in [0.4, 0.5) is 5.82 Å². The summed E-state index contributed by atoms with van der Waals surface area (Å²) in [6, 6.07) is 8.64. The number of amides is 1. The quantitative estimate of drug-likeness (QED) is 0.602. The number of nitrogens with two attached hydrogens (primary N) is 2. The summed E-state index contributed by atoms with van der Waals surface area (Å²) in [6.07, 6.45) is 0. The minimum Gasteiger partial charge on any atom is -0.381 e. The van der Waals surface area contributed by atoms with E-state index in [1.165, 1.54) is 24.3 Å². The highest BCUT2D eigenvalue weighted by Crippen LogP contribution is 2.30. The van der Waals surface area contributed by atoms with Crippen molar-refractivity contribution >= 4 is 58.2 Å². The van der Waals surface area contributed by atoms with Crippen LogP contribution >= 0.6 is 34.8 Å². The van der Waals surface area contributed by atoms with Gasteiger partial charge in [-0.3, -0.25) is 14.4 Å². The second-order valence-electron chi connectivity index (χ2n) is 5.56. The molecular weight excluding hydrogens is 429 g/mol. The number of anilines is 1. The van der Waals surface area contributed by atoms with E-state index in [-0.39, 0.29) is 32.7 Å². The smallest absolute Gasteiger partial charge is 0.281 e. The lowest BCUT2D eigenvalue weighted by atomic mass is 10.0. The molecule has 0 spiro atoms. The number of carbonyl (C=O) groups excluding carboxylic acids is 3. The topological polar surface area (TPSA) is 134 Å². The van der Waals surface area contributed by atoms with Gasteiger partial charge < -0.3 is 11.5 Å². The van der Waals surface area contributed by atoms with Crippen molar-refractivity contribution in [2.24, 2.45) is 5.73 Å². The Hall–Kier alpha value is -2.94. The third-order valence-electron chi connectivity index (χ3n) is 3.75. The van der Waals surface area contributed by atoms with Gasteiger partial charge in [0.25, 0.3) is 11.8 Å². The molecule has 0 saturated carbocycles. The predicted molar refractivity (Wildman–Crippen MR) is 104 cm³/mol. The lowest BCUT2D eigenvalue weighted by Gasteiger charge is -2.09. The number of carbonyl (C=O) groups is 3. The van der Waals surface area contributed by atoms with Crippen LogP contribution in [-0.4, -0.2) is 32.6 Å². The summed E-state index contributed by atoms with van der Waals surface area (Å²) in [7, 11) is 0. The SMILES string of the molecule is NC(=O)c1nnn(C(=O)c2cc(Cl)c(C(=O)c3ccc(Cl)cc3)c(Cl)c2)c1N. The average molecular weight is 439 g/mol. The number of nitrogens with zero attached hydrogens (tertiary/aromatic N) is 3. The molecule has 3 rings (SSSR count). The van der Waals surface area contributed by atoms with Gasteiger partial charge in [0.1, 0.15) is 0 Å². The molecule has 1 heterocycles. The van der Waals surface area contributed by atoms with Crippen LogP contribution in [0.25, 0.3) is 0 Å². The first kappa shape index (κ1) is 19.8. The molecule has 3 aromatic rings. The zero-order valence-corrected chi connectivity index (χ0v) is 16.1. The fourth-order valence-electron chi connectivity index (χ4n) is 2.40. The van der Waals surface area contributed by atoms with Crippen LogP contribution in [0.5, 0.6) is 0 Å². The molecule has 0 fully saturated rings. The Morgan fingerprint density at radius 1 is 0.929 bits per heavy atom. The van der Waals surface area contributed by atoms with E-state index in [1.807, 2.05) is 0 Å². The highest BCUT2D eigenvalue weighted by Gasteiger charge is 2.24. The molecule has 1 amide bonds. The maximum absolute atomic E-state index is 12.7. The lowest BCUT2D eigenvalue weighted by Crippen LogP contribution is -2.19. The molecule has 0 unspecified atom stereocenters. The van der Waals surface area contributed by atoms with Crippen molar-refractivity contribution in [3.05, 3.63) is 73.9 Å². The largest absolute Gasteiger partial charge is 0.381 e. The van der Waals surface area contributed by atoms with Crippen molar-refractivity contribution in [3.63, 3.8) is 0 Å². The molecule has 0 atom stereocenters. The summed E-state index contributed by atoms with van der Waals surface area (Å²) < 4.78 is 0.683. The highest BCUT2D eigenvalue weighted by atomic mass is 35.5. The number of hydrogen-bond acceptors (Lipinski definition) is 6. The molecule has 11 heteroatoms. The first-order valence-corrected chi connectivity index (χ1v) is 8.69. The number of primary amides is 1. The predicted octanol–water partition coefficient (Wildman–Crippen LogP) is 2.84. The van der Waals surface area contributed by atoms with Gasteiger partial charge in [0.2, 0.25) is 0 Å². The van der Waals surface area contributed by atoms with Crippen LogP contribution < -0.4 is 11.5 Å². The van der Waals surface area contributed by atoms with Gasteiger partial charge in [0.05, 0.1) is 15.6 Å². The van der Waals surface area contributed by atoms with E-state index in [0.717, 1.165) is 0 Å². The number of rotatable bonds is 4. The molecular formula is C17H10Cl3N5O3. The van der Waals surface area contributed by atoms with Crippen LogP contribution in [0, 0.1) is 0 Å². The van der Waals surface area contributed by atoms with E-state index >= 15 is 0 Å². The third kappa shape index (κ3) is 3.57. The second-order valence-corrected chi connectivity index (χ2v) is 6.81. The van der Waals surface area contributed by atoms with Crippen molar-refractivity contribution in [1.29, 1.82) is 0 Å². The first-order valence-electron chi connectivity index (χ1n) is 7.55. The summed E-state index contributed by atoms with van der Waals surface area (Å²) in [6.45, 7) is 0. The van der Waals surface area contributed by atoms with E-state index in [1.54, 1.807) is 12.1 Å². The zero-order valence-electron chi connectivity index (χ0n) is 13.8. The minimum atomic E-state index is -0.934. The fourth-order valence-corrected chi connectivity index (χ4v) is 3.18. The van der Waals surface area contributed by atoms with E-state index in [4.69, 9.17) is 46.3 Å². The summed E-state index contributed by atoms with van der Waals surface area (Å²) in [4.78, 5) is 36.5. The average Bonchev–Trinajstić information content (AvgIpc) is 3.02. The molecule has 28 heavy (non-hydrogen) atoms. The van der Waals surface area contributed by atoms with Gasteiger partial charge in [-0.05, 0) is 36.4 Å². The maximum Gasteiger partial charge on any atom is 0.281 e. The molecule has 142 valence electrons. The van der Waals surface area contributed by atoms with Gasteiger partial charge in [0, 0.05) is 16.1 Å². The molecule has 0 aliphatic rings. The molecule has 0 aliphatic carbocycles. The monoisotopic (exact) mass is 437 g/mol. The molecule has 2 aromatic carbocycles. The fraction of sp³-hybridized carbons (Fsp3) is 0. The van der Waals surface area contributed by atoms with Crippen molar-refractivity contribution in [1.82, 2.24) is 15.0 Å². The van der Waals surface area contributed by atoms with Gasteiger partial charge in [-0.25, -0.2) is 0 Å². The Bertz CT molecular complexity index is 1100. The van der Waals surface area contributed by atoms with Crippen LogP contribution in [0.2, 0.25) is 15.1 Å². The third-order valence-corrected chi connectivity index (χ3v) is 4.60. The molecule has 0 saturated heterocycles. The van der Waals surface area contributed by atoms with Crippen molar-refractivity contribution < 1.29 is 14.4 Å². The number of benzene rings is 2. The first-order chi connectivity index (χ1) is 13.2. The molecule has 8 nitrogen and oxygen atoms in total. The number of hydrogen-bond donors (Lipinski definition) is 2. The second kappa shape index (κ2) is 7.59. The normalized spacial score (nSPS) is 10.7. The van der Waals surface area contributed by atoms with Gasteiger partial charge in [0.15, 0.2) is 17.3 Å². The molecule has 4 N–H and O–H groups in total. The molecule has 1 aromatic heterocycles. The number of aromatic nitrogens is 3. The van der Waals surface area contributed by atoms with Crippen molar-refractivity contribution in [3.8, 4) is 0 Å². The molecule has 0 radical (unpaired) electrons. The number of halogens is 3. The van der Waals surface area contributed by atoms with Gasteiger partial charge >= 0.3 is 0 Å². The molecule has 0 bridgehead atoms. The minimum absolute atomic E-state index is 0.0183. The maximum atomic E-state index is 12.7. The van der Waals surface area contributed by atoms with Crippen LogP contribution in [0.1, 0.15) is 36.8 Å². The van der Waals surface area contributed by atoms with E-state index in [9.17, 15) is 14.4 Å². The van der Waals surface area contributed by atoms with Crippen molar-refractivity contribution in [2.75, 3.05) is 5.73 Å². The Morgan fingerprint density at radius 2 is 1.50 bits per heavy atom.